The van der Waals surface area contributed by atoms with Crippen molar-refractivity contribution in [3.63, 3.8) is 0 Å². The Bertz CT molecular complexity index is 656. The molecule has 1 aromatic carbocycles. The van der Waals surface area contributed by atoms with Gasteiger partial charge in [-0.25, -0.2) is 0 Å². The van der Waals surface area contributed by atoms with Crippen molar-refractivity contribution in [3.05, 3.63) is 52.2 Å². The van der Waals surface area contributed by atoms with Gasteiger partial charge >= 0.3 is 11.8 Å². The summed E-state index contributed by atoms with van der Waals surface area (Å²) in [6, 6.07) is 9.18. The maximum Gasteiger partial charge on any atom is 0.309 e. The van der Waals surface area contributed by atoms with E-state index in [1.807, 2.05) is 29.0 Å². The topological polar surface area (TPSA) is 76.7 Å². The molecule has 2 N–H and O–H groups in total. The monoisotopic (exact) mass is 348 g/mol. The van der Waals surface area contributed by atoms with E-state index in [9.17, 15) is 9.59 Å². The second-order valence-electron chi connectivity index (χ2n) is 5.02. The van der Waals surface area contributed by atoms with E-state index in [-0.39, 0.29) is 19.2 Å². The van der Waals surface area contributed by atoms with Crippen molar-refractivity contribution in [1.82, 2.24) is 10.6 Å². The zero-order chi connectivity index (χ0) is 17.4. The van der Waals surface area contributed by atoms with Crippen LogP contribution < -0.4 is 15.4 Å². The summed E-state index contributed by atoms with van der Waals surface area (Å²) in [7, 11) is 3.16. The first-order valence-electron chi connectivity index (χ1n) is 7.38. The van der Waals surface area contributed by atoms with E-state index in [1.165, 1.54) is 0 Å². The van der Waals surface area contributed by atoms with Gasteiger partial charge in [0.25, 0.3) is 0 Å². The Kier molecular flexibility index (Phi) is 6.77. The Hall–Kier alpha value is -2.38. The van der Waals surface area contributed by atoms with Gasteiger partial charge < -0.3 is 20.1 Å². The van der Waals surface area contributed by atoms with Crippen LogP contribution in [0.5, 0.6) is 5.75 Å². The summed E-state index contributed by atoms with van der Waals surface area (Å²) >= 11 is 1.55. The van der Waals surface area contributed by atoms with Crippen LogP contribution in [0.2, 0.25) is 0 Å². The number of carbonyl (C=O) groups is 2. The van der Waals surface area contributed by atoms with E-state index in [4.69, 9.17) is 9.47 Å². The molecule has 2 amide bonds. The smallest absolute Gasteiger partial charge is 0.309 e. The summed E-state index contributed by atoms with van der Waals surface area (Å²) in [6.07, 6.45) is -0.269. The van der Waals surface area contributed by atoms with Gasteiger partial charge in [0.05, 0.1) is 7.11 Å². The number of methoxy groups -OCH3 is 2. The molecule has 1 unspecified atom stereocenters. The molecule has 0 aliphatic heterocycles. The quantitative estimate of drug-likeness (QED) is 0.749. The summed E-state index contributed by atoms with van der Waals surface area (Å²) in [5.41, 5.74) is 1.85. The number of carbonyl (C=O) groups excluding carboxylic acids is 2. The molecule has 0 spiro atoms. The van der Waals surface area contributed by atoms with E-state index in [0.717, 1.165) is 16.9 Å². The van der Waals surface area contributed by atoms with Gasteiger partial charge in [-0.1, -0.05) is 12.1 Å². The van der Waals surface area contributed by atoms with Gasteiger partial charge in [-0.3, -0.25) is 9.59 Å². The number of benzene rings is 1. The third kappa shape index (κ3) is 5.07. The number of hydrogen-bond donors (Lipinski definition) is 2. The lowest BCUT2D eigenvalue weighted by atomic mass is 10.2. The summed E-state index contributed by atoms with van der Waals surface area (Å²) in [5, 5.41) is 9.05. The molecule has 1 atom stereocenters. The van der Waals surface area contributed by atoms with Crippen LogP contribution in [0, 0.1) is 0 Å². The average molecular weight is 348 g/mol. The van der Waals surface area contributed by atoms with E-state index in [0.29, 0.717) is 0 Å². The molecule has 24 heavy (non-hydrogen) atoms. The lowest BCUT2D eigenvalue weighted by Gasteiger charge is -2.14. The minimum Gasteiger partial charge on any atom is -0.497 e. The van der Waals surface area contributed by atoms with E-state index in [1.54, 1.807) is 37.7 Å². The van der Waals surface area contributed by atoms with Crippen molar-refractivity contribution in [2.45, 2.75) is 12.6 Å². The number of rotatable bonds is 7. The Labute approximate surface area is 144 Å². The average Bonchev–Trinajstić information content (AvgIpc) is 3.15. The second-order valence-corrected chi connectivity index (χ2v) is 5.80. The Balaban J connectivity index is 1.78. The predicted octanol–water partition coefficient (Wildman–Crippen LogP) is 1.88. The van der Waals surface area contributed by atoms with E-state index in [2.05, 4.69) is 10.6 Å². The zero-order valence-electron chi connectivity index (χ0n) is 13.6. The van der Waals surface area contributed by atoms with E-state index < -0.39 is 11.8 Å². The number of hydrogen-bond acceptors (Lipinski definition) is 5. The molecule has 0 saturated heterocycles. The zero-order valence-corrected chi connectivity index (χ0v) is 14.4. The molecular weight excluding hydrogens is 328 g/mol. The van der Waals surface area contributed by atoms with Crippen molar-refractivity contribution in [1.29, 1.82) is 0 Å². The Morgan fingerprint density at radius 2 is 1.79 bits per heavy atom. The minimum atomic E-state index is -0.680. The molecule has 0 aliphatic carbocycles. The van der Waals surface area contributed by atoms with Crippen LogP contribution in [-0.4, -0.2) is 32.6 Å². The first kappa shape index (κ1) is 18.0. The fraction of sp³-hybridized carbons (Fsp3) is 0.294. The summed E-state index contributed by atoms with van der Waals surface area (Å²) < 4.78 is 10.4. The summed E-state index contributed by atoms with van der Waals surface area (Å²) in [4.78, 5) is 23.7. The molecule has 0 aliphatic rings. The minimum absolute atomic E-state index is 0.238. The number of nitrogens with one attached hydrogen (secondary N) is 2. The highest BCUT2D eigenvalue weighted by molar-refractivity contribution is 7.07. The Morgan fingerprint density at radius 3 is 2.38 bits per heavy atom. The molecule has 0 fully saturated rings. The van der Waals surface area contributed by atoms with Crippen molar-refractivity contribution in [2.75, 3.05) is 20.8 Å². The maximum absolute atomic E-state index is 11.9. The van der Waals surface area contributed by atoms with Gasteiger partial charge in [-0.15, -0.1) is 0 Å². The lowest BCUT2D eigenvalue weighted by molar-refractivity contribution is -0.139. The van der Waals surface area contributed by atoms with Gasteiger partial charge in [0.15, 0.2) is 0 Å². The molecular formula is C17H20N2O4S. The SMILES string of the molecule is COc1ccc(CNC(=O)C(=O)NCC(OC)c2ccsc2)cc1. The molecule has 6 nitrogen and oxygen atoms in total. The predicted molar refractivity (Wildman–Crippen MR) is 91.9 cm³/mol. The molecule has 0 saturated carbocycles. The van der Waals surface area contributed by atoms with Gasteiger partial charge in [-0.2, -0.15) is 11.3 Å². The van der Waals surface area contributed by atoms with Gasteiger partial charge in [0, 0.05) is 20.2 Å². The molecule has 7 heteroatoms. The molecule has 2 aromatic rings. The molecule has 2 rings (SSSR count). The maximum atomic E-state index is 11.9. The standard InChI is InChI=1S/C17H20N2O4S/c1-22-14-5-3-12(4-6-14)9-18-16(20)17(21)19-10-15(23-2)13-7-8-24-11-13/h3-8,11,15H,9-10H2,1-2H3,(H,18,20)(H,19,21). The van der Waals surface area contributed by atoms with Crippen LogP contribution in [0.15, 0.2) is 41.1 Å². The highest BCUT2D eigenvalue weighted by Gasteiger charge is 2.17. The van der Waals surface area contributed by atoms with Crippen molar-refractivity contribution in [3.8, 4) is 5.75 Å². The van der Waals surface area contributed by atoms with Gasteiger partial charge in [0.2, 0.25) is 0 Å². The van der Waals surface area contributed by atoms with Crippen LogP contribution in [0.3, 0.4) is 0 Å². The van der Waals surface area contributed by atoms with Crippen LogP contribution in [0.1, 0.15) is 17.2 Å². The first-order chi connectivity index (χ1) is 11.6. The van der Waals surface area contributed by atoms with Gasteiger partial charge in [-0.05, 0) is 40.1 Å². The highest BCUT2D eigenvalue weighted by Crippen LogP contribution is 2.18. The van der Waals surface area contributed by atoms with Gasteiger partial charge in [0.1, 0.15) is 11.9 Å². The van der Waals surface area contributed by atoms with Crippen LogP contribution in [0.25, 0.3) is 0 Å². The molecule has 0 bridgehead atoms. The number of amides is 2. The third-order valence-electron chi connectivity index (χ3n) is 3.47. The largest absolute Gasteiger partial charge is 0.497 e. The normalized spacial score (nSPS) is 11.6. The summed E-state index contributed by atoms with van der Waals surface area (Å²) in [5.74, 6) is -0.617. The van der Waals surface area contributed by atoms with E-state index >= 15 is 0 Å². The Morgan fingerprint density at radius 1 is 1.08 bits per heavy atom. The van der Waals surface area contributed by atoms with Crippen LogP contribution in [-0.2, 0) is 20.9 Å². The van der Waals surface area contributed by atoms with Crippen molar-refractivity contribution in [2.24, 2.45) is 0 Å². The molecule has 128 valence electrons. The highest BCUT2D eigenvalue weighted by atomic mass is 32.1. The summed E-state index contributed by atoms with van der Waals surface area (Å²) in [6.45, 7) is 0.510. The molecule has 1 heterocycles. The van der Waals surface area contributed by atoms with Crippen LogP contribution >= 0.6 is 11.3 Å². The fourth-order valence-electron chi connectivity index (χ4n) is 2.07. The lowest BCUT2D eigenvalue weighted by Crippen LogP contribution is -2.41. The number of thiophene rings is 1. The van der Waals surface area contributed by atoms with Crippen LogP contribution in [0.4, 0.5) is 0 Å². The van der Waals surface area contributed by atoms with Crippen molar-refractivity contribution >= 4 is 23.2 Å². The molecule has 0 radical (unpaired) electrons. The number of ether oxygens (including phenoxy) is 2. The molecule has 1 aromatic heterocycles. The second kappa shape index (κ2) is 9.05. The fourth-order valence-corrected chi connectivity index (χ4v) is 2.77. The third-order valence-corrected chi connectivity index (χ3v) is 4.17. The van der Waals surface area contributed by atoms with Crippen molar-refractivity contribution < 1.29 is 19.1 Å². The first-order valence-corrected chi connectivity index (χ1v) is 8.32.